The van der Waals surface area contributed by atoms with Gasteiger partial charge in [-0.2, -0.15) is 0 Å². The van der Waals surface area contributed by atoms with Crippen molar-refractivity contribution in [3.05, 3.63) is 94.5 Å². The molecule has 134 valence electrons. The summed E-state index contributed by atoms with van der Waals surface area (Å²) in [4.78, 5) is 16.9. The molecular formula is C23H20N2O2. The van der Waals surface area contributed by atoms with Crippen LogP contribution in [0.2, 0.25) is 0 Å². The zero-order valence-corrected chi connectivity index (χ0v) is 15.3. The number of amides is 1. The minimum absolute atomic E-state index is 0.0230. The summed E-state index contributed by atoms with van der Waals surface area (Å²) in [5, 5.41) is 12.1. The van der Waals surface area contributed by atoms with Gasteiger partial charge in [-0.05, 0) is 38.1 Å². The van der Waals surface area contributed by atoms with Crippen molar-refractivity contribution in [1.29, 1.82) is 0 Å². The lowest BCUT2D eigenvalue weighted by molar-refractivity contribution is 0.0661. The third-order valence-electron chi connectivity index (χ3n) is 5.59. The zero-order chi connectivity index (χ0) is 18.8. The van der Waals surface area contributed by atoms with Crippen LogP contribution in [0.15, 0.2) is 66.7 Å². The van der Waals surface area contributed by atoms with Crippen molar-refractivity contribution < 1.29 is 9.90 Å². The van der Waals surface area contributed by atoms with E-state index in [0.717, 1.165) is 33.6 Å². The van der Waals surface area contributed by atoms with E-state index in [9.17, 15) is 9.90 Å². The summed E-state index contributed by atoms with van der Waals surface area (Å²) in [6.45, 7) is 4.29. The number of carbonyl (C=O) groups excluding carboxylic acids is 1. The molecule has 5 rings (SSSR count). The van der Waals surface area contributed by atoms with E-state index in [0.29, 0.717) is 12.2 Å². The van der Waals surface area contributed by atoms with Crippen molar-refractivity contribution in [2.75, 3.05) is 16.5 Å². The fourth-order valence-electron chi connectivity index (χ4n) is 4.24. The van der Waals surface area contributed by atoms with Crippen molar-refractivity contribution in [2.45, 2.75) is 19.6 Å². The second kappa shape index (κ2) is 5.44. The molecule has 0 spiro atoms. The van der Waals surface area contributed by atoms with Crippen LogP contribution in [0, 0.1) is 13.8 Å². The Morgan fingerprint density at radius 3 is 2.30 bits per heavy atom. The van der Waals surface area contributed by atoms with Gasteiger partial charge < -0.3 is 10.0 Å². The number of hydrogen-bond acceptors (Lipinski definition) is 3. The van der Waals surface area contributed by atoms with Crippen molar-refractivity contribution in [1.82, 2.24) is 0 Å². The van der Waals surface area contributed by atoms with E-state index >= 15 is 0 Å². The van der Waals surface area contributed by atoms with Crippen molar-refractivity contribution >= 4 is 17.3 Å². The van der Waals surface area contributed by atoms with Gasteiger partial charge in [0.05, 0.1) is 16.9 Å². The molecule has 1 N–H and O–H groups in total. The maximum absolute atomic E-state index is 13.2. The van der Waals surface area contributed by atoms with Crippen LogP contribution in [0.3, 0.4) is 0 Å². The average molecular weight is 356 g/mol. The molecule has 27 heavy (non-hydrogen) atoms. The van der Waals surface area contributed by atoms with Crippen LogP contribution >= 0.6 is 0 Å². The number of rotatable bonds is 1. The van der Waals surface area contributed by atoms with Gasteiger partial charge in [0.2, 0.25) is 0 Å². The maximum Gasteiger partial charge on any atom is 0.261 e. The lowest BCUT2D eigenvalue weighted by Crippen LogP contribution is -2.61. The van der Waals surface area contributed by atoms with Gasteiger partial charge in [-0.3, -0.25) is 9.69 Å². The first-order chi connectivity index (χ1) is 13.0. The van der Waals surface area contributed by atoms with Gasteiger partial charge in [-0.15, -0.1) is 0 Å². The minimum Gasteiger partial charge on any atom is -0.363 e. The highest BCUT2D eigenvalue weighted by Gasteiger charge is 2.50. The highest BCUT2D eigenvalue weighted by molar-refractivity contribution is 6.13. The Balaban J connectivity index is 1.86. The summed E-state index contributed by atoms with van der Waals surface area (Å²) in [5.74, 6) is -0.0230. The highest BCUT2D eigenvalue weighted by Crippen LogP contribution is 2.49. The first-order valence-electron chi connectivity index (χ1n) is 9.09. The molecule has 0 radical (unpaired) electrons. The second-order valence-corrected chi connectivity index (χ2v) is 7.38. The summed E-state index contributed by atoms with van der Waals surface area (Å²) >= 11 is 0. The van der Waals surface area contributed by atoms with Gasteiger partial charge >= 0.3 is 0 Å². The molecule has 1 unspecified atom stereocenters. The SMILES string of the molecule is Cc1ccc2c(c1)C(=O)N1CN2C(O)(c2ccccc2)c2cc(C)ccc21. The highest BCUT2D eigenvalue weighted by atomic mass is 16.3. The van der Waals surface area contributed by atoms with Crippen LogP contribution in [-0.4, -0.2) is 17.7 Å². The van der Waals surface area contributed by atoms with Crippen LogP contribution in [0.5, 0.6) is 0 Å². The number of hydrogen-bond donors (Lipinski definition) is 1. The average Bonchev–Trinajstić information content (AvgIpc) is 2.69. The van der Waals surface area contributed by atoms with E-state index in [-0.39, 0.29) is 5.91 Å². The zero-order valence-electron chi connectivity index (χ0n) is 15.3. The number of aliphatic hydroxyl groups is 1. The first-order valence-corrected chi connectivity index (χ1v) is 9.09. The fourth-order valence-corrected chi connectivity index (χ4v) is 4.24. The van der Waals surface area contributed by atoms with Gasteiger partial charge in [-0.25, -0.2) is 0 Å². The van der Waals surface area contributed by atoms with Gasteiger partial charge in [0, 0.05) is 11.1 Å². The Kier molecular flexibility index (Phi) is 3.24. The molecule has 1 atom stereocenters. The largest absolute Gasteiger partial charge is 0.363 e. The number of fused-ring (bicyclic) bond motifs is 6. The molecule has 2 aliphatic rings. The number of anilines is 2. The van der Waals surface area contributed by atoms with Gasteiger partial charge in [0.15, 0.2) is 5.72 Å². The van der Waals surface area contributed by atoms with Crippen molar-refractivity contribution in [2.24, 2.45) is 0 Å². The molecule has 4 heteroatoms. The molecular weight excluding hydrogens is 336 g/mol. The van der Waals surface area contributed by atoms with Crippen LogP contribution in [0.4, 0.5) is 11.4 Å². The molecule has 0 aliphatic carbocycles. The third-order valence-corrected chi connectivity index (χ3v) is 5.59. The van der Waals surface area contributed by atoms with E-state index < -0.39 is 5.72 Å². The monoisotopic (exact) mass is 356 g/mol. The quantitative estimate of drug-likeness (QED) is 0.718. The van der Waals surface area contributed by atoms with Gasteiger partial charge in [-0.1, -0.05) is 53.6 Å². The Labute approximate surface area is 158 Å². The Bertz CT molecular complexity index is 1080. The number of benzene rings is 3. The lowest BCUT2D eigenvalue weighted by atomic mass is 9.85. The standard InChI is InChI=1S/C23H20N2O2/c1-15-8-10-20-18(12-15)22(26)24-14-25(20)23(27,17-6-4-3-5-7-17)19-13-16(2)9-11-21(19)24/h3-13,27H,14H2,1-2H3. The van der Waals surface area contributed by atoms with Crippen molar-refractivity contribution in [3.63, 3.8) is 0 Å². The summed E-state index contributed by atoms with van der Waals surface area (Å²) in [7, 11) is 0. The number of aryl methyl sites for hydroxylation is 2. The normalized spacial score (nSPS) is 20.3. The molecule has 0 saturated heterocycles. The topological polar surface area (TPSA) is 43.8 Å². The second-order valence-electron chi connectivity index (χ2n) is 7.38. The summed E-state index contributed by atoms with van der Waals surface area (Å²) in [5.41, 5.74) is 4.41. The predicted molar refractivity (Wildman–Crippen MR) is 106 cm³/mol. The molecule has 0 fully saturated rings. The molecule has 1 amide bonds. The van der Waals surface area contributed by atoms with Crippen LogP contribution < -0.4 is 9.80 Å². The molecule has 0 aromatic heterocycles. The molecule has 2 heterocycles. The summed E-state index contributed by atoms with van der Waals surface area (Å²) in [6, 6.07) is 21.4. The van der Waals surface area contributed by atoms with E-state index in [4.69, 9.17) is 0 Å². The van der Waals surface area contributed by atoms with Crippen LogP contribution in [-0.2, 0) is 5.72 Å². The van der Waals surface area contributed by atoms with Crippen molar-refractivity contribution in [3.8, 4) is 0 Å². The van der Waals surface area contributed by atoms with E-state index in [1.807, 2.05) is 85.5 Å². The Morgan fingerprint density at radius 2 is 1.56 bits per heavy atom. The smallest absolute Gasteiger partial charge is 0.261 e. The molecule has 4 nitrogen and oxygen atoms in total. The van der Waals surface area contributed by atoms with E-state index in [1.165, 1.54) is 0 Å². The third kappa shape index (κ3) is 2.10. The predicted octanol–water partition coefficient (Wildman–Crippen LogP) is 3.93. The Morgan fingerprint density at radius 1 is 0.889 bits per heavy atom. The van der Waals surface area contributed by atoms with E-state index in [2.05, 4.69) is 0 Å². The Hall–Kier alpha value is -3.11. The number of nitrogens with zero attached hydrogens (tertiary/aromatic N) is 2. The molecule has 2 bridgehead atoms. The van der Waals surface area contributed by atoms with Gasteiger partial charge in [0.25, 0.3) is 5.91 Å². The fraction of sp³-hybridized carbons (Fsp3) is 0.174. The summed E-state index contributed by atoms with van der Waals surface area (Å²) < 4.78 is 0. The molecule has 0 saturated carbocycles. The minimum atomic E-state index is -1.34. The summed E-state index contributed by atoms with van der Waals surface area (Å²) in [6.07, 6.45) is 0. The van der Waals surface area contributed by atoms with Crippen LogP contribution in [0.25, 0.3) is 0 Å². The lowest BCUT2D eigenvalue weighted by Gasteiger charge is -2.52. The molecule has 3 aromatic rings. The molecule has 2 aliphatic heterocycles. The maximum atomic E-state index is 13.2. The van der Waals surface area contributed by atoms with Crippen LogP contribution in [0.1, 0.15) is 32.6 Å². The van der Waals surface area contributed by atoms with Gasteiger partial charge in [0.1, 0.15) is 6.67 Å². The number of carbonyl (C=O) groups is 1. The first kappa shape index (κ1) is 16.1. The van der Waals surface area contributed by atoms with E-state index in [1.54, 1.807) is 4.90 Å². The molecule has 3 aromatic carbocycles.